The first-order valence-corrected chi connectivity index (χ1v) is 3.60. The van der Waals surface area contributed by atoms with Gasteiger partial charge in [0.25, 0.3) is 5.79 Å². The molecule has 0 radical (unpaired) electrons. The Hall–Kier alpha value is -0.610. The zero-order valence-electron chi connectivity index (χ0n) is 6.66. The third-order valence-electron chi connectivity index (χ3n) is 1.72. The van der Waals surface area contributed by atoms with Gasteiger partial charge in [-0.15, -0.1) is 0 Å². The van der Waals surface area contributed by atoms with Gasteiger partial charge in [-0.1, -0.05) is 0 Å². The SMILES string of the molecule is C[C@@H]1CCOC(C)(C(=O)O)O1. The predicted octanol–water partition coefficient (Wildman–Crippen LogP) is 0.613. The van der Waals surface area contributed by atoms with E-state index in [0.29, 0.717) is 6.61 Å². The molecule has 1 saturated heterocycles. The molecule has 0 amide bonds. The lowest BCUT2D eigenvalue weighted by atomic mass is 10.2. The molecule has 0 bridgehead atoms. The monoisotopic (exact) mass is 160 g/mol. The molecule has 0 aromatic carbocycles. The van der Waals surface area contributed by atoms with Crippen LogP contribution in [0.4, 0.5) is 0 Å². The largest absolute Gasteiger partial charge is 0.477 e. The highest BCUT2D eigenvalue weighted by Crippen LogP contribution is 2.22. The van der Waals surface area contributed by atoms with Crippen molar-refractivity contribution in [3.8, 4) is 0 Å². The minimum Gasteiger partial charge on any atom is -0.477 e. The molecular formula is C7H12O4. The summed E-state index contributed by atoms with van der Waals surface area (Å²) >= 11 is 0. The van der Waals surface area contributed by atoms with Crippen LogP contribution in [0.15, 0.2) is 0 Å². The quantitative estimate of drug-likeness (QED) is 0.610. The van der Waals surface area contributed by atoms with Gasteiger partial charge in [0.15, 0.2) is 0 Å². The molecule has 1 heterocycles. The molecule has 1 rings (SSSR count). The van der Waals surface area contributed by atoms with E-state index in [-0.39, 0.29) is 6.10 Å². The van der Waals surface area contributed by atoms with Gasteiger partial charge in [0.2, 0.25) is 0 Å². The van der Waals surface area contributed by atoms with Crippen molar-refractivity contribution in [3.63, 3.8) is 0 Å². The highest BCUT2D eigenvalue weighted by molar-refractivity contribution is 5.75. The smallest absolute Gasteiger partial charge is 0.364 e. The number of hydrogen-bond donors (Lipinski definition) is 1. The van der Waals surface area contributed by atoms with Gasteiger partial charge < -0.3 is 14.6 Å². The molecule has 1 fully saturated rings. The van der Waals surface area contributed by atoms with Crippen molar-refractivity contribution in [2.45, 2.75) is 32.2 Å². The molecule has 1 aliphatic heterocycles. The standard InChI is InChI=1S/C7H12O4/c1-5-3-4-10-7(2,11-5)6(8)9/h5H,3-4H2,1-2H3,(H,8,9)/t5-,7?/m1/s1. The van der Waals surface area contributed by atoms with Gasteiger partial charge in [-0.3, -0.25) is 0 Å². The summed E-state index contributed by atoms with van der Waals surface area (Å²) in [5, 5.41) is 8.67. The highest BCUT2D eigenvalue weighted by Gasteiger charge is 2.39. The number of aliphatic carboxylic acids is 1. The summed E-state index contributed by atoms with van der Waals surface area (Å²) in [6.45, 7) is 3.71. The Morgan fingerprint density at radius 2 is 2.36 bits per heavy atom. The normalized spacial score (nSPS) is 38.5. The van der Waals surface area contributed by atoms with Crippen LogP contribution in [0.25, 0.3) is 0 Å². The average molecular weight is 160 g/mol. The molecule has 0 saturated carbocycles. The Morgan fingerprint density at radius 3 is 2.73 bits per heavy atom. The van der Waals surface area contributed by atoms with E-state index in [2.05, 4.69) is 0 Å². The van der Waals surface area contributed by atoms with Crippen LogP contribution >= 0.6 is 0 Å². The van der Waals surface area contributed by atoms with E-state index in [9.17, 15) is 4.79 Å². The maximum absolute atomic E-state index is 10.6. The highest BCUT2D eigenvalue weighted by atomic mass is 16.7. The van der Waals surface area contributed by atoms with Crippen LogP contribution in [-0.2, 0) is 14.3 Å². The zero-order valence-corrected chi connectivity index (χ0v) is 6.66. The van der Waals surface area contributed by atoms with Gasteiger partial charge in [0.1, 0.15) is 0 Å². The molecule has 4 heteroatoms. The van der Waals surface area contributed by atoms with Crippen LogP contribution in [-0.4, -0.2) is 29.6 Å². The summed E-state index contributed by atoms with van der Waals surface area (Å²) in [6.07, 6.45) is 0.716. The van der Waals surface area contributed by atoms with Gasteiger partial charge in [-0.25, -0.2) is 4.79 Å². The van der Waals surface area contributed by atoms with Crippen molar-refractivity contribution in [3.05, 3.63) is 0 Å². The molecule has 1 aliphatic rings. The maximum atomic E-state index is 10.6. The van der Waals surface area contributed by atoms with Crippen molar-refractivity contribution in [1.29, 1.82) is 0 Å². The van der Waals surface area contributed by atoms with Crippen LogP contribution in [0.1, 0.15) is 20.3 Å². The van der Waals surface area contributed by atoms with E-state index in [0.717, 1.165) is 6.42 Å². The molecule has 0 aromatic rings. The zero-order chi connectivity index (χ0) is 8.48. The first kappa shape index (κ1) is 8.49. The van der Waals surface area contributed by atoms with E-state index in [1.54, 1.807) is 0 Å². The molecule has 0 aromatic heterocycles. The molecule has 1 unspecified atom stereocenters. The topological polar surface area (TPSA) is 55.8 Å². The van der Waals surface area contributed by atoms with Crippen LogP contribution in [0.2, 0.25) is 0 Å². The molecule has 0 spiro atoms. The van der Waals surface area contributed by atoms with Crippen molar-refractivity contribution in [2.75, 3.05) is 6.61 Å². The van der Waals surface area contributed by atoms with Gasteiger partial charge >= 0.3 is 5.97 Å². The van der Waals surface area contributed by atoms with E-state index in [4.69, 9.17) is 14.6 Å². The number of rotatable bonds is 1. The number of carboxylic acids is 1. The van der Waals surface area contributed by atoms with Crippen molar-refractivity contribution >= 4 is 5.97 Å². The second-order valence-corrected chi connectivity index (χ2v) is 2.82. The Bertz CT molecular complexity index is 168. The maximum Gasteiger partial charge on any atom is 0.364 e. The van der Waals surface area contributed by atoms with E-state index in [1.165, 1.54) is 6.92 Å². The Balaban J connectivity index is 2.63. The van der Waals surface area contributed by atoms with Crippen LogP contribution in [0.3, 0.4) is 0 Å². The lowest BCUT2D eigenvalue weighted by Crippen LogP contribution is -2.47. The van der Waals surface area contributed by atoms with E-state index in [1.807, 2.05) is 6.92 Å². The third kappa shape index (κ3) is 1.70. The predicted molar refractivity (Wildman–Crippen MR) is 37.2 cm³/mol. The molecular weight excluding hydrogens is 148 g/mol. The lowest BCUT2D eigenvalue weighted by Gasteiger charge is -2.33. The van der Waals surface area contributed by atoms with E-state index >= 15 is 0 Å². The number of hydrogen-bond acceptors (Lipinski definition) is 3. The Kier molecular flexibility index (Phi) is 2.15. The molecule has 1 N–H and O–H groups in total. The second-order valence-electron chi connectivity index (χ2n) is 2.82. The molecule has 2 atom stereocenters. The Morgan fingerprint density at radius 1 is 1.73 bits per heavy atom. The number of carbonyl (C=O) groups is 1. The minimum absolute atomic E-state index is 0.0372. The van der Waals surface area contributed by atoms with Crippen LogP contribution in [0.5, 0.6) is 0 Å². The summed E-state index contributed by atoms with van der Waals surface area (Å²) < 4.78 is 10.1. The van der Waals surface area contributed by atoms with Crippen LogP contribution in [0, 0.1) is 0 Å². The van der Waals surface area contributed by atoms with Gasteiger partial charge in [0.05, 0.1) is 12.7 Å². The molecule has 11 heavy (non-hydrogen) atoms. The number of ether oxygens (including phenoxy) is 2. The minimum atomic E-state index is -1.43. The van der Waals surface area contributed by atoms with Gasteiger partial charge in [-0.05, 0) is 13.3 Å². The number of carboxylic acid groups (broad SMARTS) is 1. The fourth-order valence-corrected chi connectivity index (χ4v) is 1.01. The average Bonchev–Trinajstić information content (AvgIpc) is 1.86. The molecule has 0 aliphatic carbocycles. The lowest BCUT2D eigenvalue weighted by molar-refractivity contribution is -0.276. The summed E-state index contributed by atoms with van der Waals surface area (Å²) in [5.74, 6) is -2.50. The van der Waals surface area contributed by atoms with Crippen molar-refractivity contribution in [1.82, 2.24) is 0 Å². The molecule has 4 nitrogen and oxygen atoms in total. The molecule has 64 valence electrons. The summed E-state index contributed by atoms with van der Waals surface area (Å²) in [4.78, 5) is 10.6. The van der Waals surface area contributed by atoms with E-state index < -0.39 is 11.8 Å². The third-order valence-corrected chi connectivity index (χ3v) is 1.72. The summed E-state index contributed by atoms with van der Waals surface area (Å²) in [7, 11) is 0. The van der Waals surface area contributed by atoms with Crippen molar-refractivity contribution in [2.24, 2.45) is 0 Å². The fraction of sp³-hybridized carbons (Fsp3) is 0.857. The second kappa shape index (κ2) is 2.79. The summed E-state index contributed by atoms with van der Waals surface area (Å²) in [5.41, 5.74) is 0. The fourth-order valence-electron chi connectivity index (χ4n) is 1.01. The first-order valence-electron chi connectivity index (χ1n) is 3.60. The van der Waals surface area contributed by atoms with Gasteiger partial charge in [0, 0.05) is 6.92 Å². The first-order chi connectivity index (χ1) is 5.04. The van der Waals surface area contributed by atoms with Gasteiger partial charge in [-0.2, -0.15) is 0 Å². The Labute approximate surface area is 65.1 Å². The summed E-state index contributed by atoms with van der Waals surface area (Å²) in [6, 6.07) is 0. The van der Waals surface area contributed by atoms with Crippen LogP contribution < -0.4 is 0 Å². The van der Waals surface area contributed by atoms with Crippen molar-refractivity contribution < 1.29 is 19.4 Å².